The van der Waals surface area contributed by atoms with Crippen LogP contribution in [-0.4, -0.2) is 0 Å². The molecule has 0 aliphatic carbocycles. The van der Waals surface area contributed by atoms with Gasteiger partial charge in [0.2, 0.25) is 0 Å². The molecule has 0 saturated heterocycles. The predicted molar refractivity (Wildman–Crippen MR) is 112 cm³/mol. The van der Waals surface area contributed by atoms with Crippen LogP contribution in [0, 0.1) is 6.92 Å². The third-order valence-corrected chi connectivity index (χ3v) is 3.82. The summed E-state index contributed by atoms with van der Waals surface area (Å²) in [7, 11) is 0. The van der Waals surface area contributed by atoms with E-state index in [1.54, 1.807) is 0 Å². The van der Waals surface area contributed by atoms with Gasteiger partial charge in [0.1, 0.15) is 0 Å². The number of hydrogen-bond acceptors (Lipinski definition) is 0. The summed E-state index contributed by atoms with van der Waals surface area (Å²) in [5, 5.41) is 2.62. The molecule has 0 aliphatic heterocycles. The minimum absolute atomic E-state index is 1.28. The summed E-state index contributed by atoms with van der Waals surface area (Å²) in [4.78, 5) is 0. The summed E-state index contributed by atoms with van der Waals surface area (Å²) < 4.78 is 0. The first-order valence-electron chi connectivity index (χ1n) is 8.89. The zero-order valence-corrected chi connectivity index (χ0v) is 15.3. The molecule has 0 fully saturated rings. The highest BCUT2D eigenvalue weighted by molar-refractivity contribution is 5.82. The number of rotatable bonds is 1. The lowest BCUT2D eigenvalue weighted by Crippen LogP contribution is -1.76. The van der Waals surface area contributed by atoms with E-state index in [-0.39, 0.29) is 0 Å². The lowest BCUT2D eigenvalue weighted by Gasteiger charge is -2.00. The Bertz CT molecular complexity index is 793. The molecule has 25 heavy (non-hydrogen) atoms. The highest BCUT2D eigenvalue weighted by Crippen LogP contribution is 2.18. The number of fused-ring (bicyclic) bond motifs is 1. The van der Waals surface area contributed by atoms with E-state index in [0.29, 0.717) is 0 Å². The fourth-order valence-corrected chi connectivity index (χ4v) is 2.51. The van der Waals surface area contributed by atoms with Gasteiger partial charge in [-0.05, 0) is 28.8 Å². The van der Waals surface area contributed by atoms with E-state index in [1.165, 1.54) is 27.5 Å². The van der Waals surface area contributed by atoms with E-state index in [9.17, 15) is 0 Å². The third-order valence-electron chi connectivity index (χ3n) is 3.82. The molecule has 4 aromatic carbocycles. The molecule has 0 nitrogen and oxygen atoms in total. The summed E-state index contributed by atoms with van der Waals surface area (Å²) in [6.07, 6.45) is 0. The van der Waals surface area contributed by atoms with Gasteiger partial charge in [0, 0.05) is 0 Å². The molecule has 0 aromatic heterocycles. The zero-order chi connectivity index (χ0) is 17.9. The van der Waals surface area contributed by atoms with Gasteiger partial charge < -0.3 is 0 Å². The summed E-state index contributed by atoms with van der Waals surface area (Å²) in [5.74, 6) is 0. The van der Waals surface area contributed by atoms with E-state index in [0.717, 1.165) is 0 Å². The van der Waals surface area contributed by atoms with Crippen molar-refractivity contribution >= 4 is 10.8 Å². The summed E-state index contributed by atoms with van der Waals surface area (Å²) in [6, 6.07) is 35.7. The Morgan fingerprint density at radius 2 is 0.760 bits per heavy atom. The van der Waals surface area contributed by atoms with Gasteiger partial charge in [-0.15, -0.1) is 0 Å². The van der Waals surface area contributed by atoms with Crippen LogP contribution in [0.2, 0.25) is 0 Å². The second kappa shape index (κ2) is 10.1. The quantitative estimate of drug-likeness (QED) is 0.339. The standard InChI is InChI=1S/C13H12.C10H8.C2H6/c1-11-7-9-13(10-8-11)12-5-3-2-4-6-12;1-2-6-10-8-4-3-7-9(10)5-1;1-2/h2-10H,1H3;1-8H;1-2H3. The molecule has 126 valence electrons. The van der Waals surface area contributed by atoms with Gasteiger partial charge in [-0.25, -0.2) is 0 Å². The predicted octanol–water partition coefficient (Wildman–Crippen LogP) is 7.53. The van der Waals surface area contributed by atoms with E-state index in [2.05, 4.69) is 104 Å². The monoisotopic (exact) mass is 326 g/mol. The van der Waals surface area contributed by atoms with Crippen molar-refractivity contribution in [2.24, 2.45) is 0 Å². The number of hydrogen-bond donors (Lipinski definition) is 0. The average molecular weight is 326 g/mol. The fourth-order valence-electron chi connectivity index (χ4n) is 2.51. The molecular formula is C25H26. The van der Waals surface area contributed by atoms with Gasteiger partial charge in [0.05, 0.1) is 0 Å². The van der Waals surface area contributed by atoms with Crippen LogP contribution in [0.1, 0.15) is 19.4 Å². The van der Waals surface area contributed by atoms with Crippen LogP contribution >= 0.6 is 0 Å². The summed E-state index contributed by atoms with van der Waals surface area (Å²) in [5.41, 5.74) is 3.87. The first-order chi connectivity index (χ1) is 12.3. The number of benzene rings is 4. The lowest BCUT2D eigenvalue weighted by molar-refractivity contribution is 1.47. The first kappa shape index (κ1) is 18.5. The molecule has 0 heterocycles. The maximum absolute atomic E-state index is 2.16. The Balaban J connectivity index is 0.000000168. The minimum atomic E-state index is 1.28. The maximum atomic E-state index is 2.16. The van der Waals surface area contributed by atoms with Crippen LogP contribution < -0.4 is 0 Å². The topological polar surface area (TPSA) is 0 Å². The Morgan fingerprint density at radius 3 is 1.20 bits per heavy atom. The molecule has 0 heteroatoms. The van der Waals surface area contributed by atoms with Crippen LogP contribution in [-0.2, 0) is 0 Å². The fraction of sp³-hybridized carbons (Fsp3) is 0.120. The van der Waals surface area contributed by atoms with Crippen molar-refractivity contribution in [3.8, 4) is 11.1 Å². The second-order valence-electron chi connectivity index (χ2n) is 5.58. The normalized spacial score (nSPS) is 9.40. The second-order valence-corrected chi connectivity index (χ2v) is 5.58. The van der Waals surface area contributed by atoms with Crippen molar-refractivity contribution in [2.75, 3.05) is 0 Å². The van der Waals surface area contributed by atoms with Gasteiger partial charge in [0.25, 0.3) is 0 Å². The molecule has 0 saturated carbocycles. The van der Waals surface area contributed by atoms with Gasteiger partial charge in [-0.2, -0.15) is 0 Å². The van der Waals surface area contributed by atoms with Crippen LogP contribution in [0.25, 0.3) is 21.9 Å². The van der Waals surface area contributed by atoms with Crippen LogP contribution in [0.5, 0.6) is 0 Å². The Morgan fingerprint density at radius 1 is 0.400 bits per heavy atom. The van der Waals surface area contributed by atoms with Crippen molar-refractivity contribution < 1.29 is 0 Å². The van der Waals surface area contributed by atoms with E-state index >= 15 is 0 Å². The van der Waals surface area contributed by atoms with E-state index < -0.39 is 0 Å². The third kappa shape index (κ3) is 5.61. The molecule has 0 atom stereocenters. The smallest absolute Gasteiger partial charge is 0.0184 e. The van der Waals surface area contributed by atoms with Gasteiger partial charge >= 0.3 is 0 Å². The highest BCUT2D eigenvalue weighted by Gasteiger charge is 1.93. The minimum Gasteiger partial charge on any atom is -0.0683 e. The average Bonchev–Trinajstić information content (AvgIpc) is 2.71. The van der Waals surface area contributed by atoms with E-state index in [1.807, 2.05) is 19.9 Å². The van der Waals surface area contributed by atoms with Crippen molar-refractivity contribution in [2.45, 2.75) is 20.8 Å². The van der Waals surface area contributed by atoms with Gasteiger partial charge in [-0.1, -0.05) is 123 Å². The molecular weight excluding hydrogens is 300 g/mol. The zero-order valence-electron chi connectivity index (χ0n) is 15.3. The molecule has 0 spiro atoms. The first-order valence-corrected chi connectivity index (χ1v) is 8.89. The van der Waals surface area contributed by atoms with Gasteiger partial charge in [0.15, 0.2) is 0 Å². The molecule has 0 amide bonds. The van der Waals surface area contributed by atoms with Gasteiger partial charge in [-0.3, -0.25) is 0 Å². The maximum Gasteiger partial charge on any atom is -0.0184 e. The molecule has 0 aliphatic rings. The van der Waals surface area contributed by atoms with Crippen LogP contribution in [0.15, 0.2) is 103 Å². The molecule has 0 unspecified atom stereocenters. The SMILES string of the molecule is CC.Cc1ccc(-c2ccccc2)cc1.c1ccc2ccccc2c1. The largest absolute Gasteiger partial charge is 0.0683 e. The Labute approximate surface area is 151 Å². The molecule has 4 rings (SSSR count). The van der Waals surface area contributed by atoms with Crippen molar-refractivity contribution in [3.63, 3.8) is 0 Å². The van der Waals surface area contributed by atoms with Crippen molar-refractivity contribution in [1.82, 2.24) is 0 Å². The van der Waals surface area contributed by atoms with Crippen molar-refractivity contribution in [1.29, 1.82) is 0 Å². The van der Waals surface area contributed by atoms with Crippen molar-refractivity contribution in [3.05, 3.63) is 109 Å². The molecule has 0 radical (unpaired) electrons. The Kier molecular flexibility index (Phi) is 7.46. The Hall–Kier alpha value is -2.86. The van der Waals surface area contributed by atoms with E-state index in [4.69, 9.17) is 0 Å². The lowest BCUT2D eigenvalue weighted by atomic mass is 10.0. The molecule has 4 aromatic rings. The highest BCUT2D eigenvalue weighted by atomic mass is 14.0. The molecule has 0 N–H and O–H groups in total. The number of aryl methyl sites for hydroxylation is 1. The summed E-state index contributed by atoms with van der Waals surface area (Å²) in [6.45, 7) is 6.11. The molecule has 0 bridgehead atoms. The van der Waals surface area contributed by atoms with Crippen LogP contribution in [0.4, 0.5) is 0 Å². The summed E-state index contributed by atoms with van der Waals surface area (Å²) >= 11 is 0. The van der Waals surface area contributed by atoms with Crippen LogP contribution in [0.3, 0.4) is 0 Å².